The zero-order chi connectivity index (χ0) is 21.0. The van der Waals surface area contributed by atoms with Crippen molar-refractivity contribution >= 4 is 18.4 Å². The van der Waals surface area contributed by atoms with Gasteiger partial charge in [0, 0.05) is 11.1 Å². The molecule has 2 aromatic carbocycles. The topological polar surface area (TPSA) is 103 Å². The highest BCUT2D eigenvalue weighted by Gasteiger charge is 2.13. The summed E-state index contributed by atoms with van der Waals surface area (Å²) in [6.45, 7) is 0. The zero-order valence-corrected chi connectivity index (χ0v) is 17.1. The summed E-state index contributed by atoms with van der Waals surface area (Å²) in [7, 11) is 6.04. The van der Waals surface area contributed by atoms with E-state index in [2.05, 4.69) is 15.3 Å². The summed E-state index contributed by atoms with van der Waals surface area (Å²) in [4.78, 5) is 0. The van der Waals surface area contributed by atoms with E-state index in [-0.39, 0.29) is 17.2 Å². The molecule has 3 rings (SSSR count). The third-order valence-electron chi connectivity index (χ3n) is 4.12. The molecular weight excluding hydrogens is 396 g/mol. The highest BCUT2D eigenvalue weighted by Crippen LogP contribution is 2.36. The summed E-state index contributed by atoms with van der Waals surface area (Å²) < 4.78 is 22.7. The molecule has 9 nitrogen and oxygen atoms in total. The van der Waals surface area contributed by atoms with Crippen LogP contribution in [0.15, 0.2) is 35.4 Å². The van der Waals surface area contributed by atoms with Crippen LogP contribution < -0.4 is 18.9 Å². The average Bonchev–Trinajstić information content (AvgIpc) is 3.12. The van der Waals surface area contributed by atoms with Gasteiger partial charge >= 0.3 is 0 Å². The number of rotatable bonds is 7. The van der Waals surface area contributed by atoms with E-state index in [1.807, 2.05) is 6.07 Å². The van der Waals surface area contributed by atoms with Crippen molar-refractivity contribution in [3.05, 3.63) is 40.7 Å². The second-order valence-corrected chi connectivity index (χ2v) is 6.14. The van der Waals surface area contributed by atoms with Gasteiger partial charge in [-0.25, -0.2) is 5.10 Å². The van der Waals surface area contributed by atoms with Crippen LogP contribution in [0.1, 0.15) is 5.56 Å². The number of aromatic nitrogens is 3. The molecule has 0 amide bonds. The molecular formula is C19H20N4O5S. The van der Waals surface area contributed by atoms with Crippen LogP contribution in [0.3, 0.4) is 0 Å². The molecule has 0 aliphatic heterocycles. The minimum Gasteiger partial charge on any atom is -0.502 e. The number of hydrogen-bond donors (Lipinski definition) is 2. The van der Waals surface area contributed by atoms with Gasteiger partial charge in [0.15, 0.2) is 28.8 Å². The molecule has 0 bridgehead atoms. The Morgan fingerprint density at radius 2 is 1.59 bits per heavy atom. The van der Waals surface area contributed by atoms with Gasteiger partial charge in [-0.05, 0) is 42.5 Å². The molecule has 0 saturated carbocycles. The number of phenolic OH excluding ortho intramolecular Hbond substituents is 1. The van der Waals surface area contributed by atoms with Gasteiger partial charge in [0.25, 0.3) is 0 Å². The Hall–Kier alpha value is -3.53. The van der Waals surface area contributed by atoms with E-state index in [0.717, 1.165) is 5.56 Å². The summed E-state index contributed by atoms with van der Waals surface area (Å²) in [6, 6.07) is 8.63. The third kappa shape index (κ3) is 4.02. The first kappa shape index (κ1) is 20.2. The molecule has 2 N–H and O–H groups in total. The van der Waals surface area contributed by atoms with Crippen LogP contribution in [0.25, 0.3) is 11.4 Å². The van der Waals surface area contributed by atoms with E-state index < -0.39 is 0 Å². The lowest BCUT2D eigenvalue weighted by molar-refractivity contribution is 0.340. The van der Waals surface area contributed by atoms with E-state index in [1.54, 1.807) is 44.7 Å². The molecule has 29 heavy (non-hydrogen) atoms. The largest absolute Gasteiger partial charge is 0.502 e. The van der Waals surface area contributed by atoms with Gasteiger partial charge in [-0.15, -0.1) is 0 Å². The van der Waals surface area contributed by atoms with Crippen LogP contribution in [0.4, 0.5) is 0 Å². The Balaban J connectivity index is 2.02. The summed E-state index contributed by atoms with van der Waals surface area (Å²) >= 11 is 5.30. The van der Waals surface area contributed by atoms with Crippen LogP contribution in [0.5, 0.6) is 28.7 Å². The first-order chi connectivity index (χ1) is 14.0. The fraction of sp³-hybridized carbons (Fsp3) is 0.211. The summed E-state index contributed by atoms with van der Waals surface area (Å²) in [5, 5.41) is 21.5. The average molecular weight is 416 g/mol. The van der Waals surface area contributed by atoms with Crippen LogP contribution in [0.2, 0.25) is 0 Å². The SMILES string of the molecule is COc1ccc(-c2n[nH]c(=S)n2/N=C/c2cc(OC)c(O)c(OC)c2)cc1OC. The Kier molecular flexibility index (Phi) is 6.03. The molecule has 1 aromatic heterocycles. The quantitative estimate of drug-likeness (QED) is 0.450. The molecule has 0 spiro atoms. The third-order valence-corrected chi connectivity index (χ3v) is 4.38. The van der Waals surface area contributed by atoms with Crippen molar-refractivity contribution < 1.29 is 24.1 Å². The van der Waals surface area contributed by atoms with Crippen molar-refractivity contribution in [2.75, 3.05) is 28.4 Å². The molecule has 0 radical (unpaired) electrons. The molecule has 3 aromatic rings. The highest BCUT2D eigenvalue weighted by atomic mass is 32.1. The molecule has 10 heteroatoms. The van der Waals surface area contributed by atoms with Gasteiger partial charge in [-0.1, -0.05) is 0 Å². The first-order valence-electron chi connectivity index (χ1n) is 8.41. The van der Waals surface area contributed by atoms with Crippen molar-refractivity contribution in [2.45, 2.75) is 0 Å². The Labute approximate surface area is 172 Å². The van der Waals surface area contributed by atoms with E-state index in [1.165, 1.54) is 18.9 Å². The van der Waals surface area contributed by atoms with Crippen molar-refractivity contribution in [3.8, 4) is 40.1 Å². The number of methoxy groups -OCH3 is 4. The fourth-order valence-electron chi connectivity index (χ4n) is 2.67. The standard InChI is InChI=1S/C19H20N4O5S/c1-25-13-6-5-12(9-14(13)26-2)18-21-22-19(29)23(18)20-10-11-7-15(27-3)17(24)16(8-11)28-4/h5-10,24H,1-4H3,(H,22,29)/b20-10+. The molecule has 0 atom stereocenters. The predicted molar refractivity (Wildman–Crippen MR) is 110 cm³/mol. The van der Waals surface area contributed by atoms with Gasteiger partial charge in [-0.2, -0.15) is 14.9 Å². The highest BCUT2D eigenvalue weighted by molar-refractivity contribution is 7.71. The number of aromatic hydroxyl groups is 1. The number of nitrogens with one attached hydrogen (secondary N) is 1. The summed E-state index contributed by atoms with van der Waals surface area (Å²) in [6.07, 6.45) is 1.56. The van der Waals surface area contributed by atoms with Crippen molar-refractivity contribution in [2.24, 2.45) is 5.10 Å². The molecule has 0 fully saturated rings. The predicted octanol–water partition coefficient (Wildman–Crippen LogP) is 3.23. The minimum atomic E-state index is -0.0851. The zero-order valence-electron chi connectivity index (χ0n) is 16.3. The van der Waals surface area contributed by atoms with Crippen molar-refractivity contribution in [1.82, 2.24) is 14.9 Å². The molecule has 0 unspecified atom stereocenters. The Morgan fingerprint density at radius 3 is 2.17 bits per heavy atom. The fourth-order valence-corrected chi connectivity index (χ4v) is 2.85. The van der Waals surface area contributed by atoms with Gasteiger partial charge in [0.2, 0.25) is 10.5 Å². The summed E-state index contributed by atoms with van der Waals surface area (Å²) in [5.41, 5.74) is 1.37. The maximum absolute atomic E-state index is 10.0. The second-order valence-electron chi connectivity index (χ2n) is 5.75. The van der Waals surface area contributed by atoms with Gasteiger partial charge in [0.05, 0.1) is 34.7 Å². The van der Waals surface area contributed by atoms with E-state index in [0.29, 0.717) is 27.7 Å². The number of hydrogen-bond acceptors (Lipinski definition) is 8. The number of H-pyrrole nitrogens is 1. The lowest BCUT2D eigenvalue weighted by Crippen LogP contribution is -1.97. The number of nitrogens with zero attached hydrogens (tertiary/aromatic N) is 3. The van der Waals surface area contributed by atoms with Crippen LogP contribution in [-0.2, 0) is 0 Å². The van der Waals surface area contributed by atoms with Gasteiger partial charge < -0.3 is 24.1 Å². The number of phenols is 1. The van der Waals surface area contributed by atoms with Gasteiger partial charge in [-0.3, -0.25) is 0 Å². The minimum absolute atomic E-state index is 0.0851. The van der Waals surface area contributed by atoms with Crippen LogP contribution >= 0.6 is 12.2 Å². The number of ether oxygens (including phenoxy) is 4. The Morgan fingerprint density at radius 1 is 0.966 bits per heavy atom. The lowest BCUT2D eigenvalue weighted by Gasteiger charge is -2.10. The molecule has 1 heterocycles. The number of aromatic amines is 1. The van der Waals surface area contributed by atoms with Crippen molar-refractivity contribution in [1.29, 1.82) is 0 Å². The lowest BCUT2D eigenvalue weighted by atomic mass is 10.2. The van der Waals surface area contributed by atoms with Gasteiger partial charge in [0.1, 0.15) is 0 Å². The van der Waals surface area contributed by atoms with Crippen LogP contribution in [0, 0.1) is 4.77 Å². The van der Waals surface area contributed by atoms with E-state index in [9.17, 15) is 5.11 Å². The normalized spacial score (nSPS) is 10.9. The van der Waals surface area contributed by atoms with Crippen LogP contribution in [-0.4, -0.2) is 54.6 Å². The maximum Gasteiger partial charge on any atom is 0.216 e. The maximum atomic E-state index is 10.0. The van der Waals surface area contributed by atoms with Crippen molar-refractivity contribution in [3.63, 3.8) is 0 Å². The molecule has 0 saturated heterocycles. The summed E-state index contributed by atoms with van der Waals surface area (Å²) in [5.74, 6) is 2.09. The molecule has 152 valence electrons. The van der Waals surface area contributed by atoms with E-state index in [4.69, 9.17) is 31.2 Å². The number of benzene rings is 2. The van der Waals surface area contributed by atoms with E-state index >= 15 is 0 Å². The monoisotopic (exact) mass is 416 g/mol. The Bertz CT molecular complexity index is 1080. The smallest absolute Gasteiger partial charge is 0.216 e. The second kappa shape index (κ2) is 8.65. The molecule has 0 aliphatic carbocycles. The first-order valence-corrected chi connectivity index (χ1v) is 8.82. The molecule has 0 aliphatic rings.